The van der Waals surface area contributed by atoms with E-state index in [2.05, 4.69) is 10.3 Å². The number of fused-ring (bicyclic) bond motifs is 2. The van der Waals surface area contributed by atoms with Gasteiger partial charge in [0.1, 0.15) is 24.6 Å². The van der Waals surface area contributed by atoms with Crippen molar-refractivity contribution >= 4 is 23.2 Å². The quantitative estimate of drug-likeness (QED) is 0.765. The molecule has 1 aliphatic heterocycles. The van der Waals surface area contributed by atoms with E-state index in [0.29, 0.717) is 48.4 Å². The smallest absolute Gasteiger partial charge is 0.271 e. The second-order valence-corrected chi connectivity index (χ2v) is 6.56. The minimum Gasteiger partial charge on any atom is -0.486 e. The van der Waals surface area contributed by atoms with Gasteiger partial charge in [-0.2, -0.15) is 0 Å². The first-order chi connectivity index (χ1) is 12.6. The fraction of sp³-hybridized carbons (Fsp3) is 0.263. The van der Waals surface area contributed by atoms with Gasteiger partial charge in [-0.25, -0.2) is 4.98 Å². The third-order valence-corrected chi connectivity index (χ3v) is 4.55. The topological polar surface area (TPSA) is 64.9 Å². The Morgan fingerprint density at radius 2 is 2.19 bits per heavy atom. The number of halogens is 1. The molecular weight excluding hydrogens is 354 g/mol. The lowest BCUT2D eigenvalue weighted by Crippen LogP contribution is -2.26. The van der Waals surface area contributed by atoms with Gasteiger partial charge in [-0.1, -0.05) is 17.7 Å². The van der Waals surface area contributed by atoms with Crippen molar-refractivity contribution in [2.24, 2.45) is 0 Å². The Labute approximate surface area is 155 Å². The van der Waals surface area contributed by atoms with Crippen LogP contribution in [0.5, 0.6) is 11.5 Å². The second kappa shape index (κ2) is 6.88. The molecule has 3 aromatic rings. The molecule has 6 nitrogen and oxygen atoms in total. The molecule has 0 saturated heterocycles. The number of carbonyl (C=O) groups is 1. The number of rotatable bonds is 4. The Morgan fingerprint density at radius 1 is 1.35 bits per heavy atom. The lowest BCUT2D eigenvalue weighted by atomic mass is 10.1. The van der Waals surface area contributed by atoms with Crippen molar-refractivity contribution in [2.75, 3.05) is 19.8 Å². The van der Waals surface area contributed by atoms with Gasteiger partial charge in [0, 0.05) is 18.9 Å². The summed E-state index contributed by atoms with van der Waals surface area (Å²) in [5.41, 5.74) is 3.19. The van der Waals surface area contributed by atoms with Crippen molar-refractivity contribution < 1.29 is 14.3 Å². The molecule has 1 aliphatic rings. The van der Waals surface area contributed by atoms with Crippen LogP contribution in [0, 0.1) is 6.92 Å². The van der Waals surface area contributed by atoms with Crippen molar-refractivity contribution in [2.45, 2.75) is 13.3 Å². The molecule has 0 radical (unpaired) electrons. The largest absolute Gasteiger partial charge is 0.486 e. The number of ether oxygens (including phenoxy) is 2. The molecule has 0 unspecified atom stereocenters. The van der Waals surface area contributed by atoms with Crippen LogP contribution in [0.15, 0.2) is 36.7 Å². The van der Waals surface area contributed by atoms with Gasteiger partial charge in [-0.3, -0.25) is 4.79 Å². The summed E-state index contributed by atoms with van der Waals surface area (Å²) in [7, 11) is 0. The first-order valence-electron chi connectivity index (χ1n) is 8.42. The molecule has 0 aliphatic carbocycles. The summed E-state index contributed by atoms with van der Waals surface area (Å²) in [5, 5.41) is 3.42. The Morgan fingerprint density at radius 3 is 3.04 bits per heavy atom. The highest BCUT2D eigenvalue weighted by Gasteiger charge is 2.17. The van der Waals surface area contributed by atoms with Crippen LogP contribution >= 0.6 is 11.6 Å². The van der Waals surface area contributed by atoms with Crippen molar-refractivity contribution in [1.82, 2.24) is 14.7 Å². The third-order valence-electron chi connectivity index (χ3n) is 4.27. The highest BCUT2D eigenvalue weighted by atomic mass is 35.5. The van der Waals surface area contributed by atoms with Crippen LogP contribution in [0.2, 0.25) is 5.02 Å². The average molecular weight is 372 g/mol. The van der Waals surface area contributed by atoms with Crippen LogP contribution in [-0.4, -0.2) is 35.1 Å². The summed E-state index contributed by atoms with van der Waals surface area (Å²) in [6, 6.07) is 7.64. The molecule has 134 valence electrons. The van der Waals surface area contributed by atoms with Crippen LogP contribution in [0.25, 0.3) is 5.65 Å². The van der Waals surface area contributed by atoms with Gasteiger partial charge in [0.25, 0.3) is 5.91 Å². The van der Waals surface area contributed by atoms with E-state index in [1.54, 1.807) is 6.20 Å². The number of imidazole rings is 1. The first-order valence-corrected chi connectivity index (χ1v) is 8.80. The first kappa shape index (κ1) is 16.7. The van der Waals surface area contributed by atoms with Gasteiger partial charge in [0.15, 0.2) is 11.5 Å². The molecule has 0 saturated carbocycles. The van der Waals surface area contributed by atoms with Gasteiger partial charge in [0.2, 0.25) is 0 Å². The van der Waals surface area contributed by atoms with Gasteiger partial charge < -0.3 is 19.2 Å². The van der Waals surface area contributed by atoms with Crippen LogP contribution < -0.4 is 14.8 Å². The number of hydrogen-bond donors (Lipinski definition) is 1. The maximum Gasteiger partial charge on any atom is 0.271 e. The van der Waals surface area contributed by atoms with Crippen LogP contribution in [0.3, 0.4) is 0 Å². The normalized spacial score (nSPS) is 13.0. The minimum atomic E-state index is -0.197. The van der Waals surface area contributed by atoms with Gasteiger partial charge in [-0.15, -0.1) is 0 Å². The van der Waals surface area contributed by atoms with Gasteiger partial charge in [-0.05, 0) is 42.7 Å². The summed E-state index contributed by atoms with van der Waals surface area (Å²) in [6.07, 6.45) is 4.25. The maximum absolute atomic E-state index is 12.4. The molecule has 1 aromatic carbocycles. The molecule has 1 N–H and O–H groups in total. The zero-order valence-electron chi connectivity index (χ0n) is 14.3. The van der Waals surface area contributed by atoms with E-state index in [9.17, 15) is 4.79 Å². The molecule has 4 rings (SSSR count). The Hall–Kier alpha value is -2.73. The number of nitrogens with one attached hydrogen (secondary N) is 1. The van der Waals surface area contributed by atoms with Crippen LogP contribution in [0.1, 0.15) is 21.6 Å². The zero-order valence-corrected chi connectivity index (χ0v) is 15.0. The number of nitrogens with zero attached hydrogens (tertiary/aromatic N) is 2. The maximum atomic E-state index is 12.4. The monoisotopic (exact) mass is 371 g/mol. The van der Waals surface area contributed by atoms with E-state index in [1.807, 2.05) is 41.8 Å². The van der Waals surface area contributed by atoms with E-state index >= 15 is 0 Å². The second-order valence-electron chi connectivity index (χ2n) is 6.16. The number of aryl methyl sites for hydroxylation is 1. The molecule has 0 bridgehead atoms. The van der Waals surface area contributed by atoms with Crippen LogP contribution in [0.4, 0.5) is 0 Å². The van der Waals surface area contributed by atoms with E-state index < -0.39 is 0 Å². The molecule has 0 atom stereocenters. The highest BCUT2D eigenvalue weighted by molar-refractivity contribution is 6.32. The fourth-order valence-corrected chi connectivity index (χ4v) is 3.27. The fourth-order valence-electron chi connectivity index (χ4n) is 2.98. The van der Waals surface area contributed by atoms with Crippen molar-refractivity contribution in [3.05, 3.63) is 58.5 Å². The van der Waals surface area contributed by atoms with E-state index in [0.717, 1.165) is 16.8 Å². The molecular formula is C19H18ClN3O3. The molecule has 2 aromatic heterocycles. The lowest BCUT2D eigenvalue weighted by molar-refractivity contribution is 0.0950. The number of aromatic nitrogens is 2. The van der Waals surface area contributed by atoms with Crippen molar-refractivity contribution in [3.63, 3.8) is 0 Å². The summed E-state index contributed by atoms with van der Waals surface area (Å²) in [6.45, 7) is 3.45. The predicted molar refractivity (Wildman–Crippen MR) is 98.4 cm³/mol. The standard InChI is InChI=1S/C19H18ClN3O3/c1-12-3-2-6-23-11-15(22-18(12)23)19(24)21-5-4-13-9-14(20)17-16(10-13)25-7-8-26-17/h2-3,6,9-11H,4-5,7-8H2,1H3,(H,21,24). The van der Waals surface area contributed by atoms with Gasteiger partial charge >= 0.3 is 0 Å². The lowest BCUT2D eigenvalue weighted by Gasteiger charge is -2.20. The Bertz CT molecular complexity index is 984. The van der Waals surface area contributed by atoms with Crippen molar-refractivity contribution in [1.29, 1.82) is 0 Å². The average Bonchev–Trinajstić information content (AvgIpc) is 3.08. The molecule has 26 heavy (non-hydrogen) atoms. The molecule has 3 heterocycles. The van der Waals surface area contributed by atoms with E-state index in [1.165, 1.54) is 0 Å². The van der Waals surface area contributed by atoms with E-state index in [-0.39, 0.29) is 5.91 Å². The summed E-state index contributed by atoms with van der Waals surface area (Å²) < 4.78 is 12.9. The SMILES string of the molecule is Cc1cccn2cc(C(=O)NCCc3cc(Cl)c4c(c3)OCCO4)nc12. The molecule has 0 fully saturated rings. The number of benzene rings is 1. The highest BCUT2D eigenvalue weighted by Crippen LogP contribution is 2.38. The Kier molecular flexibility index (Phi) is 4.42. The Balaban J connectivity index is 1.42. The van der Waals surface area contributed by atoms with E-state index in [4.69, 9.17) is 21.1 Å². The number of amides is 1. The summed E-state index contributed by atoms with van der Waals surface area (Å²) in [5.74, 6) is 1.04. The zero-order chi connectivity index (χ0) is 18.1. The third kappa shape index (κ3) is 3.20. The predicted octanol–water partition coefficient (Wildman–Crippen LogP) is 3.04. The number of pyridine rings is 1. The minimum absolute atomic E-state index is 0.197. The van der Waals surface area contributed by atoms with Crippen LogP contribution in [-0.2, 0) is 6.42 Å². The number of carbonyl (C=O) groups excluding carboxylic acids is 1. The molecule has 7 heteroatoms. The van der Waals surface area contributed by atoms with Gasteiger partial charge in [0.05, 0.1) is 5.02 Å². The molecule has 0 spiro atoms. The molecule has 1 amide bonds. The summed E-state index contributed by atoms with van der Waals surface area (Å²) in [4.78, 5) is 16.8. The number of hydrogen-bond acceptors (Lipinski definition) is 4. The van der Waals surface area contributed by atoms with Crippen molar-refractivity contribution in [3.8, 4) is 11.5 Å². The summed E-state index contributed by atoms with van der Waals surface area (Å²) >= 11 is 6.24.